The molecular formula is C16H32N2O. The predicted molar refractivity (Wildman–Crippen MR) is 81.4 cm³/mol. The third-order valence-corrected chi connectivity index (χ3v) is 4.56. The van der Waals surface area contributed by atoms with Gasteiger partial charge in [0.05, 0.1) is 0 Å². The molecule has 0 N–H and O–H groups in total. The van der Waals surface area contributed by atoms with Crippen LogP contribution >= 0.6 is 0 Å². The Labute approximate surface area is 119 Å². The van der Waals surface area contributed by atoms with Gasteiger partial charge < -0.3 is 4.90 Å². The van der Waals surface area contributed by atoms with Crippen LogP contribution < -0.4 is 0 Å². The molecule has 0 aromatic rings. The molecule has 112 valence electrons. The topological polar surface area (TPSA) is 23.6 Å². The summed E-state index contributed by atoms with van der Waals surface area (Å²) in [4.78, 5) is 16.8. The van der Waals surface area contributed by atoms with E-state index in [1.807, 2.05) is 0 Å². The van der Waals surface area contributed by atoms with Crippen LogP contribution in [0.4, 0.5) is 0 Å². The molecule has 3 unspecified atom stereocenters. The third kappa shape index (κ3) is 5.23. The van der Waals surface area contributed by atoms with E-state index >= 15 is 0 Å². The van der Waals surface area contributed by atoms with Crippen molar-refractivity contribution in [2.24, 2.45) is 11.8 Å². The maximum atomic E-state index is 12.1. The average Bonchev–Trinajstić information content (AvgIpc) is 2.36. The van der Waals surface area contributed by atoms with Crippen molar-refractivity contribution in [2.45, 2.75) is 52.5 Å². The molecule has 0 aromatic heterocycles. The molecule has 1 aliphatic rings. The van der Waals surface area contributed by atoms with Gasteiger partial charge in [0.25, 0.3) is 0 Å². The molecule has 1 rings (SSSR count). The van der Waals surface area contributed by atoms with Crippen molar-refractivity contribution in [3.8, 4) is 0 Å². The lowest BCUT2D eigenvalue weighted by molar-refractivity contribution is -0.126. The highest BCUT2D eigenvalue weighted by atomic mass is 16.1. The number of Topliss-reactive ketones (excluding diaryl/α,β-unsaturated/α-hetero) is 1. The van der Waals surface area contributed by atoms with Crippen LogP contribution in [0.5, 0.6) is 0 Å². The molecular weight excluding hydrogens is 236 g/mol. The van der Waals surface area contributed by atoms with Crippen LogP contribution in [0.2, 0.25) is 0 Å². The van der Waals surface area contributed by atoms with E-state index in [4.69, 9.17) is 0 Å². The van der Waals surface area contributed by atoms with Crippen molar-refractivity contribution in [3.63, 3.8) is 0 Å². The Hall–Kier alpha value is -0.410. The summed E-state index contributed by atoms with van der Waals surface area (Å²) in [5.41, 5.74) is 0. The Morgan fingerprint density at radius 3 is 2.53 bits per heavy atom. The number of carbonyl (C=O) groups excluding carboxylic acids is 1. The van der Waals surface area contributed by atoms with Crippen LogP contribution in [0.15, 0.2) is 0 Å². The molecule has 0 heterocycles. The minimum Gasteiger partial charge on any atom is -0.308 e. The molecule has 1 fully saturated rings. The van der Waals surface area contributed by atoms with Gasteiger partial charge >= 0.3 is 0 Å². The van der Waals surface area contributed by atoms with Crippen molar-refractivity contribution >= 4 is 5.78 Å². The molecule has 1 saturated carbocycles. The second kappa shape index (κ2) is 8.01. The van der Waals surface area contributed by atoms with Crippen molar-refractivity contribution < 1.29 is 4.79 Å². The normalized spacial score (nSPS) is 26.2. The van der Waals surface area contributed by atoms with Crippen LogP contribution in [-0.4, -0.2) is 55.4 Å². The molecule has 0 spiro atoms. The SMILES string of the molecule is CCC1CCC(=O)C(CN(CC)C(C)CN(C)C)C1. The van der Waals surface area contributed by atoms with Crippen LogP contribution in [0.25, 0.3) is 0 Å². The van der Waals surface area contributed by atoms with Gasteiger partial charge in [-0.15, -0.1) is 0 Å². The highest BCUT2D eigenvalue weighted by Gasteiger charge is 2.30. The number of nitrogens with zero attached hydrogens (tertiary/aromatic N) is 2. The van der Waals surface area contributed by atoms with E-state index in [1.165, 1.54) is 6.42 Å². The lowest BCUT2D eigenvalue weighted by Gasteiger charge is -2.35. The summed E-state index contributed by atoms with van der Waals surface area (Å²) in [5, 5.41) is 0. The minimum atomic E-state index is 0.281. The molecule has 3 nitrogen and oxygen atoms in total. The Balaban J connectivity index is 2.55. The van der Waals surface area contributed by atoms with E-state index in [1.54, 1.807) is 0 Å². The van der Waals surface area contributed by atoms with Crippen LogP contribution in [0.3, 0.4) is 0 Å². The maximum absolute atomic E-state index is 12.1. The first-order chi connectivity index (χ1) is 8.97. The molecule has 0 aromatic carbocycles. The summed E-state index contributed by atoms with van der Waals surface area (Å²) in [6, 6.07) is 0.523. The van der Waals surface area contributed by atoms with Gasteiger partial charge in [-0.3, -0.25) is 9.69 Å². The quantitative estimate of drug-likeness (QED) is 0.709. The summed E-state index contributed by atoms with van der Waals surface area (Å²) >= 11 is 0. The van der Waals surface area contributed by atoms with E-state index < -0.39 is 0 Å². The number of ketones is 1. The van der Waals surface area contributed by atoms with Gasteiger partial charge in [-0.2, -0.15) is 0 Å². The summed E-state index contributed by atoms with van der Waals surface area (Å²) in [6.45, 7) is 9.79. The molecule has 3 heteroatoms. The number of carbonyl (C=O) groups is 1. The molecule has 19 heavy (non-hydrogen) atoms. The monoisotopic (exact) mass is 268 g/mol. The van der Waals surface area contributed by atoms with E-state index in [0.717, 1.165) is 44.8 Å². The van der Waals surface area contributed by atoms with Gasteiger partial charge in [-0.25, -0.2) is 0 Å². The van der Waals surface area contributed by atoms with Crippen molar-refractivity contribution in [2.75, 3.05) is 33.7 Å². The van der Waals surface area contributed by atoms with Crippen molar-refractivity contribution in [1.82, 2.24) is 9.80 Å². The fraction of sp³-hybridized carbons (Fsp3) is 0.938. The summed E-state index contributed by atoms with van der Waals surface area (Å²) in [6.07, 6.45) is 4.26. The zero-order valence-corrected chi connectivity index (χ0v) is 13.5. The smallest absolute Gasteiger partial charge is 0.137 e. The van der Waals surface area contributed by atoms with Gasteiger partial charge in [0.2, 0.25) is 0 Å². The van der Waals surface area contributed by atoms with Gasteiger partial charge in [0.1, 0.15) is 5.78 Å². The number of hydrogen-bond acceptors (Lipinski definition) is 3. The first-order valence-corrected chi connectivity index (χ1v) is 7.89. The largest absolute Gasteiger partial charge is 0.308 e. The summed E-state index contributed by atoms with van der Waals surface area (Å²) < 4.78 is 0. The Bertz CT molecular complexity index is 278. The van der Waals surface area contributed by atoms with Gasteiger partial charge in [0, 0.05) is 31.5 Å². The van der Waals surface area contributed by atoms with E-state index in [2.05, 4.69) is 44.7 Å². The Morgan fingerprint density at radius 2 is 2.00 bits per heavy atom. The fourth-order valence-electron chi connectivity index (χ4n) is 3.30. The first kappa shape index (κ1) is 16.6. The lowest BCUT2D eigenvalue weighted by atomic mass is 9.79. The van der Waals surface area contributed by atoms with Crippen molar-refractivity contribution in [3.05, 3.63) is 0 Å². The lowest BCUT2D eigenvalue weighted by Crippen LogP contribution is -2.44. The predicted octanol–water partition coefficient (Wildman–Crippen LogP) is 2.65. The van der Waals surface area contributed by atoms with Crippen LogP contribution in [0.1, 0.15) is 46.5 Å². The zero-order valence-electron chi connectivity index (χ0n) is 13.5. The van der Waals surface area contributed by atoms with Gasteiger partial charge in [-0.1, -0.05) is 20.3 Å². The first-order valence-electron chi connectivity index (χ1n) is 7.89. The number of hydrogen-bond donors (Lipinski definition) is 0. The molecule has 0 amide bonds. The second-order valence-corrected chi connectivity index (χ2v) is 6.41. The molecule has 0 radical (unpaired) electrons. The molecule has 0 aliphatic heterocycles. The maximum Gasteiger partial charge on any atom is 0.137 e. The molecule has 1 aliphatic carbocycles. The van der Waals surface area contributed by atoms with E-state index in [9.17, 15) is 4.79 Å². The van der Waals surface area contributed by atoms with Crippen LogP contribution in [-0.2, 0) is 4.79 Å². The summed E-state index contributed by atoms with van der Waals surface area (Å²) in [7, 11) is 4.23. The average molecular weight is 268 g/mol. The zero-order chi connectivity index (χ0) is 14.4. The van der Waals surface area contributed by atoms with Gasteiger partial charge in [-0.05, 0) is 46.3 Å². The van der Waals surface area contributed by atoms with E-state index in [0.29, 0.717) is 11.8 Å². The fourth-order valence-corrected chi connectivity index (χ4v) is 3.30. The molecule has 0 bridgehead atoms. The Morgan fingerprint density at radius 1 is 1.32 bits per heavy atom. The number of rotatable bonds is 7. The standard InChI is InChI=1S/C16H32N2O/c1-6-14-8-9-16(19)15(10-14)12-18(7-2)13(3)11-17(4)5/h13-15H,6-12H2,1-5H3. The number of likely N-dealkylation sites (N-methyl/N-ethyl adjacent to an activating group) is 2. The summed E-state index contributed by atoms with van der Waals surface area (Å²) in [5.74, 6) is 1.55. The molecule has 0 saturated heterocycles. The highest BCUT2D eigenvalue weighted by molar-refractivity contribution is 5.81. The Kier molecular flexibility index (Phi) is 7.01. The van der Waals surface area contributed by atoms with E-state index in [-0.39, 0.29) is 5.92 Å². The van der Waals surface area contributed by atoms with Crippen molar-refractivity contribution in [1.29, 1.82) is 0 Å². The minimum absolute atomic E-state index is 0.281. The second-order valence-electron chi connectivity index (χ2n) is 6.41. The van der Waals surface area contributed by atoms with Crippen LogP contribution in [0, 0.1) is 11.8 Å². The molecule has 3 atom stereocenters. The highest BCUT2D eigenvalue weighted by Crippen LogP contribution is 2.29. The van der Waals surface area contributed by atoms with Gasteiger partial charge in [0.15, 0.2) is 0 Å². The third-order valence-electron chi connectivity index (χ3n) is 4.56.